The van der Waals surface area contributed by atoms with Gasteiger partial charge in [0.2, 0.25) is 17.2 Å². The SMILES string of the molecule is CNc1nc(Cl)nc(NCC2(O)CCCC(C)C2)n1. The van der Waals surface area contributed by atoms with Crippen LogP contribution in [0.25, 0.3) is 0 Å². The van der Waals surface area contributed by atoms with Crippen LogP contribution < -0.4 is 10.6 Å². The number of hydrogen-bond donors (Lipinski definition) is 3. The van der Waals surface area contributed by atoms with Crippen LogP contribution in [0.3, 0.4) is 0 Å². The van der Waals surface area contributed by atoms with Crippen LogP contribution in [-0.4, -0.2) is 39.3 Å². The van der Waals surface area contributed by atoms with Crippen molar-refractivity contribution in [1.82, 2.24) is 15.0 Å². The second-order valence-electron chi connectivity index (χ2n) is 5.28. The van der Waals surface area contributed by atoms with Gasteiger partial charge in [0.15, 0.2) is 0 Å². The molecule has 0 radical (unpaired) electrons. The van der Waals surface area contributed by atoms with E-state index in [2.05, 4.69) is 32.5 Å². The third-order valence-corrected chi connectivity index (χ3v) is 3.64. The van der Waals surface area contributed by atoms with Crippen molar-refractivity contribution in [2.75, 3.05) is 24.2 Å². The Balaban J connectivity index is 1.99. The average Bonchev–Trinajstić information content (AvgIpc) is 2.35. The van der Waals surface area contributed by atoms with Crippen LogP contribution in [-0.2, 0) is 0 Å². The molecule has 0 aliphatic heterocycles. The van der Waals surface area contributed by atoms with E-state index in [1.165, 1.54) is 6.42 Å². The molecule has 2 unspecified atom stereocenters. The number of hydrogen-bond acceptors (Lipinski definition) is 6. The smallest absolute Gasteiger partial charge is 0.228 e. The fourth-order valence-corrected chi connectivity index (χ4v) is 2.74. The first-order chi connectivity index (χ1) is 9.00. The second kappa shape index (κ2) is 5.88. The van der Waals surface area contributed by atoms with E-state index in [-0.39, 0.29) is 5.28 Å². The summed E-state index contributed by atoms with van der Waals surface area (Å²) in [6.45, 7) is 2.60. The summed E-state index contributed by atoms with van der Waals surface area (Å²) in [5, 5.41) is 16.5. The number of aliphatic hydroxyl groups is 1. The van der Waals surface area contributed by atoms with Gasteiger partial charge in [0, 0.05) is 13.6 Å². The maximum Gasteiger partial charge on any atom is 0.228 e. The molecule has 0 spiro atoms. The fourth-order valence-electron chi connectivity index (χ4n) is 2.58. The molecule has 0 amide bonds. The molecule has 1 aromatic rings. The van der Waals surface area contributed by atoms with Crippen LogP contribution in [0.2, 0.25) is 5.28 Å². The zero-order valence-corrected chi connectivity index (χ0v) is 12.0. The lowest BCUT2D eigenvalue weighted by molar-refractivity contribution is -0.000898. The molecule has 1 heterocycles. The summed E-state index contributed by atoms with van der Waals surface area (Å²) in [5.41, 5.74) is -0.684. The van der Waals surface area contributed by atoms with Crippen molar-refractivity contribution in [2.24, 2.45) is 5.92 Å². The first-order valence-corrected chi connectivity index (χ1v) is 6.94. The Morgan fingerprint density at radius 2 is 2.11 bits per heavy atom. The summed E-state index contributed by atoms with van der Waals surface area (Å²) in [6, 6.07) is 0. The monoisotopic (exact) mass is 285 g/mol. The van der Waals surface area contributed by atoms with Crippen molar-refractivity contribution < 1.29 is 5.11 Å². The molecule has 1 aliphatic rings. The van der Waals surface area contributed by atoms with Gasteiger partial charge in [-0.15, -0.1) is 0 Å². The van der Waals surface area contributed by atoms with Crippen molar-refractivity contribution >= 4 is 23.5 Å². The van der Waals surface area contributed by atoms with Gasteiger partial charge < -0.3 is 15.7 Å². The summed E-state index contributed by atoms with van der Waals surface area (Å²) >= 11 is 5.80. The average molecular weight is 286 g/mol. The zero-order valence-electron chi connectivity index (χ0n) is 11.3. The van der Waals surface area contributed by atoms with E-state index in [9.17, 15) is 5.11 Å². The molecule has 0 saturated heterocycles. The predicted molar refractivity (Wildman–Crippen MR) is 75.5 cm³/mol. The number of halogens is 1. The third-order valence-electron chi connectivity index (χ3n) is 3.47. The standard InChI is InChI=1S/C12H20ClN5O/c1-8-4-3-5-12(19,6-8)7-15-11-17-9(13)16-10(14-2)18-11/h8,19H,3-7H2,1-2H3,(H2,14,15,16,17,18). The molecular formula is C12H20ClN5O. The Labute approximate surface area is 118 Å². The van der Waals surface area contributed by atoms with Gasteiger partial charge in [0.05, 0.1) is 5.60 Å². The Morgan fingerprint density at radius 1 is 1.37 bits per heavy atom. The maximum absolute atomic E-state index is 10.5. The lowest BCUT2D eigenvalue weighted by Gasteiger charge is -2.35. The molecule has 1 fully saturated rings. The highest BCUT2D eigenvalue weighted by Crippen LogP contribution is 2.32. The molecule has 1 aliphatic carbocycles. The normalized spacial score (nSPS) is 27.1. The van der Waals surface area contributed by atoms with E-state index >= 15 is 0 Å². The third kappa shape index (κ3) is 3.91. The van der Waals surface area contributed by atoms with Gasteiger partial charge in [-0.05, 0) is 30.4 Å². The summed E-state index contributed by atoms with van der Waals surface area (Å²) in [5.74, 6) is 1.35. The van der Waals surface area contributed by atoms with Crippen LogP contribution in [0.4, 0.5) is 11.9 Å². The molecule has 2 rings (SSSR count). The minimum atomic E-state index is -0.684. The van der Waals surface area contributed by atoms with Gasteiger partial charge in [0.25, 0.3) is 0 Å². The number of nitrogens with zero attached hydrogens (tertiary/aromatic N) is 3. The van der Waals surface area contributed by atoms with Crippen molar-refractivity contribution in [3.05, 3.63) is 5.28 Å². The highest BCUT2D eigenvalue weighted by Gasteiger charge is 2.32. The lowest BCUT2D eigenvalue weighted by Crippen LogP contribution is -2.41. The molecule has 7 heteroatoms. The molecule has 19 heavy (non-hydrogen) atoms. The van der Waals surface area contributed by atoms with Gasteiger partial charge in [-0.3, -0.25) is 0 Å². The first kappa shape index (κ1) is 14.3. The van der Waals surface area contributed by atoms with Crippen molar-refractivity contribution in [2.45, 2.75) is 38.2 Å². The molecule has 3 N–H and O–H groups in total. The lowest BCUT2D eigenvalue weighted by atomic mass is 9.79. The topological polar surface area (TPSA) is 83.0 Å². The summed E-state index contributed by atoms with van der Waals surface area (Å²) in [6.07, 6.45) is 3.85. The maximum atomic E-state index is 10.5. The Hall–Kier alpha value is -1.14. The van der Waals surface area contributed by atoms with E-state index in [1.807, 2.05) is 0 Å². The quantitative estimate of drug-likeness (QED) is 0.784. The van der Waals surface area contributed by atoms with Crippen molar-refractivity contribution in [1.29, 1.82) is 0 Å². The molecule has 2 atom stereocenters. The van der Waals surface area contributed by atoms with Crippen LogP contribution in [0.15, 0.2) is 0 Å². The number of aromatic nitrogens is 3. The molecule has 0 aromatic carbocycles. The number of nitrogens with one attached hydrogen (secondary N) is 2. The van der Waals surface area contributed by atoms with E-state index in [1.54, 1.807) is 7.05 Å². The van der Waals surface area contributed by atoms with Crippen LogP contribution in [0.5, 0.6) is 0 Å². The zero-order chi connectivity index (χ0) is 13.9. The van der Waals surface area contributed by atoms with E-state index in [4.69, 9.17) is 11.6 Å². The molecule has 6 nitrogen and oxygen atoms in total. The molecule has 1 aromatic heterocycles. The Morgan fingerprint density at radius 3 is 2.79 bits per heavy atom. The largest absolute Gasteiger partial charge is 0.388 e. The van der Waals surface area contributed by atoms with Gasteiger partial charge >= 0.3 is 0 Å². The van der Waals surface area contributed by atoms with E-state index in [0.717, 1.165) is 19.3 Å². The Bertz CT molecular complexity index is 444. The van der Waals surface area contributed by atoms with Crippen LogP contribution >= 0.6 is 11.6 Å². The number of rotatable bonds is 4. The van der Waals surface area contributed by atoms with E-state index in [0.29, 0.717) is 24.4 Å². The van der Waals surface area contributed by atoms with Gasteiger partial charge in [-0.1, -0.05) is 19.8 Å². The van der Waals surface area contributed by atoms with Gasteiger partial charge in [-0.2, -0.15) is 15.0 Å². The Kier molecular flexibility index (Phi) is 4.42. The minimum absolute atomic E-state index is 0.130. The highest BCUT2D eigenvalue weighted by atomic mass is 35.5. The molecular weight excluding hydrogens is 266 g/mol. The van der Waals surface area contributed by atoms with Crippen LogP contribution in [0.1, 0.15) is 32.6 Å². The summed E-state index contributed by atoms with van der Waals surface area (Å²) in [7, 11) is 1.71. The minimum Gasteiger partial charge on any atom is -0.388 e. The highest BCUT2D eigenvalue weighted by molar-refractivity contribution is 6.28. The number of anilines is 2. The van der Waals surface area contributed by atoms with Crippen molar-refractivity contribution in [3.63, 3.8) is 0 Å². The van der Waals surface area contributed by atoms with Crippen molar-refractivity contribution in [3.8, 4) is 0 Å². The second-order valence-corrected chi connectivity index (χ2v) is 5.62. The first-order valence-electron chi connectivity index (χ1n) is 6.56. The molecule has 1 saturated carbocycles. The van der Waals surface area contributed by atoms with E-state index < -0.39 is 5.60 Å². The summed E-state index contributed by atoms with van der Waals surface area (Å²) in [4.78, 5) is 12.0. The molecule has 0 bridgehead atoms. The predicted octanol–water partition coefficient (Wildman–Crippen LogP) is 1.92. The van der Waals surface area contributed by atoms with Crippen LogP contribution in [0, 0.1) is 5.92 Å². The van der Waals surface area contributed by atoms with Gasteiger partial charge in [-0.25, -0.2) is 0 Å². The summed E-state index contributed by atoms with van der Waals surface area (Å²) < 4.78 is 0. The van der Waals surface area contributed by atoms with Gasteiger partial charge in [0.1, 0.15) is 0 Å². The molecule has 106 valence electrons. The fraction of sp³-hybridized carbons (Fsp3) is 0.750.